The molecule has 0 saturated carbocycles. The standard InChI is InChI=1S/C20H22FN3O3/c1-27-20(26)17-5-3-2-4-15(17)6-7-19(25)24-12-10-23(11-13-24)16-8-9-22-18(21)14-16/h2-5,8-9,14H,6-7,10-13H2,1H3. The number of esters is 1. The summed E-state index contributed by atoms with van der Waals surface area (Å²) in [5.41, 5.74) is 2.09. The van der Waals surface area contributed by atoms with Crippen molar-refractivity contribution in [2.75, 3.05) is 38.2 Å². The molecule has 0 radical (unpaired) electrons. The fourth-order valence-electron chi connectivity index (χ4n) is 3.25. The zero-order valence-electron chi connectivity index (χ0n) is 15.2. The Hall–Kier alpha value is -2.96. The number of amides is 1. The van der Waals surface area contributed by atoms with Gasteiger partial charge in [0.05, 0.1) is 12.7 Å². The average molecular weight is 371 g/mol. The highest BCUT2D eigenvalue weighted by molar-refractivity contribution is 5.91. The number of carbonyl (C=O) groups is 2. The summed E-state index contributed by atoms with van der Waals surface area (Å²) >= 11 is 0. The molecule has 142 valence electrons. The maximum Gasteiger partial charge on any atom is 0.338 e. The third kappa shape index (κ3) is 4.61. The van der Waals surface area contributed by atoms with Crippen molar-refractivity contribution in [3.05, 3.63) is 59.7 Å². The van der Waals surface area contributed by atoms with Crippen molar-refractivity contribution < 1.29 is 18.7 Å². The van der Waals surface area contributed by atoms with Gasteiger partial charge in [-0.15, -0.1) is 0 Å². The number of piperazine rings is 1. The third-order valence-corrected chi connectivity index (χ3v) is 4.74. The summed E-state index contributed by atoms with van der Waals surface area (Å²) < 4.78 is 18.1. The number of nitrogens with zero attached hydrogens (tertiary/aromatic N) is 3. The highest BCUT2D eigenvalue weighted by Crippen LogP contribution is 2.18. The minimum Gasteiger partial charge on any atom is -0.465 e. The Labute approximate surface area is 157 Å². The quantitative estimate of drug-likeness (QED) is 0.596. The van der Waals surface area contributed by atoms with Crippen LogP contribution in [0.4, 0.5) is 10.1 Å². The van der Waals surface area contributed by atoms with Crippen LogP contribution in [0.3, 0.4) is 0 Å². The number of benzene rings is 1. The van der Waals surface area contributed by atoms with Crippen molar-refractivity contribution in [3.8, 4) is 0 Å². The van der Waals surface area contributed by atoms with E-state index in [0.717, 1.165) is 11.3 Å². The van der Waals surface area contributed by atoms with E-state index < -0.39 is 11.9 Å². The highest BCUT2D eigenvalue weighted by atomic mass is 19.1. The van der Waals surface area contributed by atoms with Gasteiger partial charge in [0.25, 0.3) is 0 Å². The van der Waals surface area contributed by atoms with Crippen LogP contribution in [0.25, 0.3) is 0 Å². The van der Waals surface area contributed by atoms with Crippen molar-refractivity contribution in [2.45, 2.75) is 12.8 Å². The Morgan fingerprint density at radius 3 is 2.59 bits per heavy atom. The minimum absolute atomic E-state index is 0.0511. The lowest BCUT2D eigenvalue weighted by molar-refractivity contribution is -0.131. The zero-order valence-corrected chi connectivity index (χ0v) is 15.2. The first-order valence-electron chi connectivity index (χ1n) is 8.89. The predicted molar refractivity (Wildman–Crippen MR) is 99.1 cm³/mol. The van der Waals surface area contributed by atoms with Gasteiger partial charge in [-0.3, -0.25) is 4.79 Å². The monoisotopic (exact) mass is 371 g/mol. The predicted octanol–water partition coefficient (Wildman–Crippen LogP) is 2.29. The summed E-state index contributed by atoms with van der Waals surface area (Å²) in [7, 11) is 1.35. The van der Waals surface area contributed by atoms with Crippen LogP contribution in [0.2, 0.25) is 0 Å². The summed E-state index contributed by atoms with van der Waals surface area (Å²) in [6.45, 7) is 2.46. The number of rotatable bonds is 5. The molecule has 6 nitrogen and oxygen atoms in total. The first kappa shape index (κ1) is 18.8. The SMILES string of the molecule is COC(=O)c1ccccc1CCC(=O)N1CCN(c2ccnc(F)c2)CC1. The Bertz CT molecular complexity index is 820. The van der Waals surface area contributed by atoms with Crippen LogP contribution in [-0.4, -0.2) is 55.0 Å². The first-order chi connectivity index (χ1) is 13.1. The lowest BCUT2D eigenvalue weighted by Gasteiger charge is -2.36. The molecule has 0 spiro atoms. The minimum atomic E-state index is -0.504. The van der Waals surface area contributed by atoms with E-state index in [2.05, 4.69) is 4.98 Å². The van der Waals surface area contributed by atoms with Gasteiger partial charge >= 0.3 is 5.97 Å². The van der Waals surface area contributed by atoms with Crippen molar-refractivity contribution >= 4 is 17.6 Å². The van der Waals surface area contributed by atoms with Crippen LogP contribution in [0.1, 0.15) is 22.3 Å². The van der Waals surface area contributed by atoms with E-state index in [1.165, 1.54) is 19.4 Å². The molecule has 0 aliphatic carbocycles. The fourth-order valence-corrected chi connectivity index (χ4v) is 3.25. The molecular formula is C20H22FN3O3. The topological polar surface area (TPSA) is 62.7 Å². The van der Waals surface area contributed by atoms with E-state index in [9.17, 15) is 14.0 Å². The summed E-state index contributed by atoms with van der Waals surface area (Å²) in [6.07, 6.45) is 2.26. The molecular weight excluding hydrogens is 349 g/mol. The Morgan fingerprint density at radius 2 is 1.89 bits per heavy atom. The molecule has 0 N–H and O–H groups in total. The number of aryl methyl sites for hydroxylation is 1. The van der Waals surface area contributed by atoms with E-state index in [4.69, 9.17) is 4.74 Å². The summed E-state index contributed by atoms with van der Waals surface area (Å²) in [5, 5.41) is 0. The number of carbonyl (C=O) groups excluding carboxylic acids is 2. The summed E-state index contributed by atoms with van der Waals surface area (Å²) in [6, 6.07) is 10.3. The maximum absolute atomic E-state index is 13.3. The number of ether oxygens (including phenoxy) is 1. The van der Waals surface area contributed by atoms with Gasteiger partial charge in [-0.05, 0) is 24.1 Å². The molecule has 1 aromatic carbocycles. The van der Waals surface area contributed by atoms with Crippen LogP contribution < -0.4 is 4.90 Å². The molecule has 0 bridgehead atoms. The van der Waals surface area contributed by atoms with Crippen LogP contribution in [0, 0.1) is 5.95 Å². The number of methoxy groups -OCH3 is 1. The summed E-state index contributed by atoms with van der Waals surface area (Å²) in [5.74, 6) is -0.846. The van der Waals surface area contributed by atoms with E-state index in [0.29, 0.717) is 44.6 Å². The smallest absolute Gasteiger partial charge is 0.338 e. The molecule has 1 aliphatic heterocycles. The molecule has 1 fully saturated rings. The van der Waals surface area contributed by atoms with Gasteiger partial charge in [-0.25, -0.2) is 9.78 Å². The number of aromatic nitrogens is 1. The molecule has 1 amide bonds. The van der Waals surface area contributed by atoms with Crippen molar-refractivity contribution in [2.24, 2.45) is 0 Å². The second-order valence-corrected chi connectivity index (χ2v) is 6.35. The lowest BCUT2D eigenvalue weighted by Crippen LogP contribution is -2.48. The molecule has 1 aromatic heterocycles. The number of hydrogen-bond donors (Lipinski definition) is 0. The van der Waals surface area contributed by atoms with Gasteiger partial charge in [-0.2, -0.15) is 4.39 Å². The number of hydrogen-bond acceptors (Lipinski definition) is 5. The normalized spacial score (nSPS) is 14.1. The average Bonchev–Trinajstić information content (AvgIpc) is 2.71. The molecule has 27 heavy (non-hydrogen) atoms. The van der Waals surface area contributed by atoms with E-state index in [1.54, 1.807) is 18.2 Å². The molecule has 0 atom stereocenters. The molecule has 3 rings (SSSR count). The van der Waals surface area contributed by atoms with Crippen LogP contribution in [0.5, 0.6) is 0 Å². The number of halogens is 1. The van der Waals surface area contributed by atoms with Crippen molar-refractivity contribution in [1.29, 1.82) is 0 Å². The van der Waals surface area contributed by atoms with Gasteiger partial charge in [0.2, 0.25) is 11.9 Å². The van der Waals surface area contributed by atoms with Gasteiger partial charge < -0.3 is 14.5 Å². The van der Waals surface area contributed by atoms with Crippen LogP contribution in [0.15, 0.2) is 42.6 Å². The Kier molecular flexibility index (Phi) is 6.01. The second kappa shape index (κ2) is 8.62. The highest BCUT2D eigenvalue weighted by Gasteiger charge is 2.22. The molecule has 7 heteroatoms. The van der Waals surface area contributed by atoms with Gasteiger partial charge in [0.15, 0.2) is 0 Å². The largest absolute Gasteiger partial charge is 0.465 e. The molecule has 2 aromatic rings. The summed E-state index contributed by atoms with van der Waals surface area (Å²) in [4.78, 5) is 31.8. The Morgan fingerprint density at radius 1 is 1.15 bits per heavy atom. The van der Waals surface area contributed by atoms with Crippen molar-refractivity contribution in [3.63, 3.8) is 0 Å². The first-order valence-corrected chi connectivity index (χ1v) is 8.89. The molecule has 1 aliphatic rings. The van der Waals surface area contributed by atoms with Crippen LogP contribution >= 0.6 is 0 Å². The van der Waals surface area contributed by atoms with Gasteiger partial charge in [-0.1, -0.05) is 18.2 Å². The fraction of sp³-hybridized carbons (Fsp3) is 0.350. The molecule has 0 unspecified atom stereocenters. The maximum atomic E-state index is 13.3. The van der Waals surface area contributed by atoms with E-state index >= 15 is 0 Å². The van der Waals surface area contributed by atoms with Gasteiger partial charge in [0, 0.05) is 50.6 Å². The third-order valence-electron chi connectivity index (χ3n) is 4.74. The lowest BCUT2D eigenvalue weighted by atomic mass is 10.0. The second-order valence-electron chi connectivity index (χ2n) is 6.35. The zero-order chi connectivity index (χ0) is 19.2. The molecule has 1 saturated heterocycles. The van der Waals surface area contributed by atoms with Gasteiger partial charge in [0.1, 0.15) is 0 Å². The molecule has 2 heterocycles. The van der Waals surface area contributed by atoms with E-state index in [1.807, 2.05) is 21.9 Å². The number of anilines is 1. The van der Waals surface area contributed by atoms with Crippen LogP contribution in [-0.2, 0) is 16.0 Å². The number of pyridine rings is 1. The Balaban J connectivity index is 1.54. The van der Waals surface area contributed by atoms with E-state index in [-0.39, 0.29) is 5.91 Å². The van der Waals surface area contributed by atoms with Crippen molar-refractivity contribution in [1.82, 2.24) is 9.88 Å².